The number of nitrogens with one attached hydrogen (secondary N) is 2. The summed E-state index contributed by atoms with van der Waals surface area (Å²) in [7, 11) is 2.02. The number of aromatic nitrogens is 6. The van der Waals surface area contributed by atoms with Gasteiger partial charge >= 0.3 is 5.97 Å². The first-order valence-corrected chi connectivity index (χ1v) is 13.3. The summed E-state index contributed by atoms with van der Waals surface area (Å²) in [5.74, 6) is -2.40. The average Bonchev–Trinajstić information content (AvgIpc) is 3.56. The molecule has 1 aliphatic heterocycles. The molecule has 12 heteroatoms. The van der Waals surface area contributed by atoms with Gasteiger partial charge in [-0.1, -0.05) is 0 Å². The number of anilines is 1. The summed E-state index contributed by atoms with van der Waals surface area (Å²) < 4.78 is 32.1. The molecule has 8 rings (SSSR count). The van der Waals surface area contributed by atoms with Crippen molar-refractivity contribution in [1.82, 2.24) is 34.6 Å². The zero-order valence-electron chi connectivity index (χ0n) is 21.3. The van der Waals surface area contributed by atoms with Gasteiger partial charge in [0.05, 0.1) is 24.4 Å². The number of carboxylic acids is 1. The van der Waals surface area contributed by atoms with Crippen molar-refractivity contribution in [2.45, 2.75) is 37.8 Å². The van der Waals surface area contributed by atoms with Crippen molar-refractivity contribution >= 4 is 22.8 Å². The van der Waals surface area contributed by atoms with Crippen LogP contribution in [-0.2, 0) is 4.79 Å². The Hall–Kier alpha value is -3.93. The minimum Gasteiger partial charge on any atom is -0.481 e. The van der Waals surface area contributed by atoms with Crippen molar-refractivity contribution in [3.63, 3.8) is 0 Å². The summed E-state index contributed by atoms with van der Waals surface area (Å²) >= 11 is 0. The van der Waals surface area contributed by atoms with E-state index in [9.17, 15) is 14.3 Å². The molecule has 10 nitrogen and oxygen atoms in total. The second-order valence-electron chi connectivity index (χ2n) is 11.1. The van der Waals surface area contributed by atoms with Gasteiger partial charge < -0.3 is 20.3 Å². The number of fused-ring (bicyclic) bond motifs is 4. The quantitative estimate of drug-likeness (QED) is 0.340. The van der Waals surface area contributed by atoms with Crippen LogP contribution in [0.4, 0.5) is 14.6 Å². The van der Waals surface area contributed by atoms with E-state index in [1.165, 1.54) is 6.07 Å². The highest BCUT2D eigenvalue weighted by Gasteiger charge is 2.47. The molecule has 1 saturated heterocycles. The fourth-order valence-electron chi connectivity index (χ4n) is 6.68. The highest BCUT2D eigenvalue weighted by molar-refractivity contribution is 5.92. The molecule has 202 valence electrons. The number of halogens is 2. The molecule has 0 unspecified atom stereocenters. The van der Waals surface area contributed by atoms with Crippen molar-refractivity contribution < 1.29 is 18.7 Å². The Morgan fingerprint density at radius 3 is 2.64 bits per heavy atom. The predicted molar refractivity (Wildman–Crippen MR) is 139 cm³/mol. The van der Waals surface area contributed by atoms with Gasteiger partial charge in [-0.15, -0.1) is 0 Å². The molecule has 39 heavy (non-hydrogen) atoms. The number of aromatic amines is 1. The Morgan fingerprint density at radius 1 is 1.13 bits per heavy atom. The molecule has 4 aromatic rings. The normalized spacial score (nSPS) is 25.2. The van der Waals surface area contributed by atoms with Crippen LogP contribution in [0, 0.1) is 29.4 Å². The van der Waals surface area contributed by atoms with E-state index in [0.29, 0.717) is 22.2 Å². The minimum atomic E-state index is -0.873. The molecule has 4 aromatic heterocycles. The van der Waals surface area contributed by atoms with Crippen LogP contribution in [0.5, 0.6) is 0 Å². The molecule has 3 N–H and O–H groups in total. The zero-order valence-corrected chi connectivity index (χ0v) is 21.3. The molecule has 4 aliphatic rings. The van der Waals surface area contributed by atoms with E-state index < -0.39 is 29.6 Å². The number of likely N-dealkylation sites (N-methyl/N-ethyl adjacent to an activating group) is 1. The third kappa shape index (κ3) is 4.05. The number of pyridine rings is 1. The van der Waals surface area contributed by atoms with Crippen molar-refractivity contribution in [3.05, 3.63) is 42.5 Å². The summed E-state index contributed by atoms with van der Waals surface area (Å²) in [6, 6.07) is 1.08. The number of hydrogen-bond donors (Lipinski definition) is 3. The average molecular weight is 535 g/mol. The predicted octanol–water partition coefficient (Wildman–Crippen LogP) is 3.95. The topological polar surface area (TPSA) is 125 Å². The Kier molecular flexibility index (Phi) is 5.62. The van der Waals surface area contributed by atoms with Crippen molar-refractivity contribution in [3.8, 4) is 22.6 Å². The van der Waals surface area contributed by atoms with E-state index in [2.05, 4.69) is 35.3 Å². The van der Waals surface area contributed by atoms with E-state index >= 15 is 4.39 Å². The van der Waals surface area contributed by atoms with Gasteiger partial charge in [-0.05, 0) is 50.6 Å². The molecule has 3 saturated carbocycles. The second-order valence-corrected chi connectivity index (χ2v) is 11.1. The monoisotopic (exact) mass is 534 g/mol. The Labute approximate surface area is 222 Å². The fourth-order valence-corrected chi connectivity index (χ4v) is 6.68. The third-order valence-electron chi connectivity index (χ3n) is 8.69. The van der Waals surface area contributed by atoms with Crippen LogP contribution < -0.4 is 5.32 Å². The molecule has 2 atom stereocenters. The maximum atomic E-state index is 16.2. The Balaban J connectivity index is 1.34. The van der Waals surface area contributed by atoms with E-state index in [4.69, 9.17) is 0 Å². The number of carbonyl (C=O) groups is 1. The first-order valence-electron chi connectivity index (χ1n) is 13.3. The summed E-state index contributed by atoms with van der Waals surface area (Å²) in [5, 5.41) is 18.2. The molecule has 5 heterocycles. The van der Waals surface area contributed by atoms with Crippen LogP contribution in [0.15, 0.2) is 30.9 Å². The number of rotatable bonds is 6. The van der Waals surface area contributed by atoms with E-state index in [1.54, 1.807) is 18.6 Å². The van der Waals surface area contributed by atoms with Gasteiger partial charge in [-0.25, -0.2) is 23.7 Å². The Morgan fingerprint density at radius 2 is 1.90 bits per heavy atom. The van der Waals surface area contributed by atoms with Gasteiger partial charge in [0.2, 0.25) is 0 Å². The lowest BCUT2D eigenvalue weighted by atomic mass is 9.61. The summed E-state index contributed by atoms with van der Waals surface area (Å²) in [6.07, 6.45) is 9.62. The number of carboxylic acid groups (broad SMARTS) is 1. The number of aliphatic carboxylic acids is 1. The highest BCUT2D eigenvalue weighted by atomic mass is 19.1. The number of hydrogen-bond acceptors (Lipinski definition) is 7. The highest BCUT2D eigenvalue weighted by Crippen LogP contribution is 2.46. The molecule has 0 amide bonds. The van der Waals surface area contributed by atoms with E-state index in [1.807, 2.05) is 11.7 Å². The smallest absolute Gasteiger partial charge is 0.308 e. The first kappa shape index (κ1) is 24.1. The summed E-state index contributed by atoms with van der Waals surface area (Å²) in [6.45, 7) is 1.69. The van der Waals surface area contributed by atoms with Crippen LogP contribution in [0.1, 0.15) is 31.7 Å². The van der Waals surface area contributed by atoms with E-state index in [-0.39, 0.29) is 35.2 Å². The Bertz CT molecular complexity index is 1570. The number of H-pyrrole nitrogens is 1. The van der Waals surface area contributed by atoms with Crippen LogP contribution in [0.2, 0.25) is 0 Å². The van der Waals surface area contributed by atoms with E-state index in [0.717, 1.165) is 45.0 Å². The van der Waals surface area contributed by atoms with Crippen LogP contribution in [-0.4, -0.2) is 71.9 Å². The van der Waals surface area contributed by atoms with Gasteiger partial charge in [-0.2, -0.15) is 5.10 Å². The second kappa shape index (κ2) is 9.08. The van der Waals surface area contributed by atoms with Crippen LogP contribution >= 0.6 is 0 Å². The van der Waals surface area contributed by atoms with Gasteiger partial charge in [-0.3, -0.25) is 9.48 Å². The lowest BCUT2D eigenvalue weighted by Crippen LogP contribution is -2.51. The standard InChI is InChI=1S/C27H28F2N8O2/c1-36-11-17(12-36)37-10-15(7-32-37)23-21(29)26(33-22-14-4-2-13(3-5-14)20(22)27(38)39)35-25(34-23)19-9-31-24-18(19)6-16(28)8-30-24/h6-10,13-14,17,20,22H,2-5,11-12H2,1H3,(H,30,31)(H,38,39)(H,33,34,35)/t13?,14?,20-,22-/m0/s1. The molecule has 0 spiro atoms. The van der Waals surface area contributed by atoms with Crippen molar-refractivity contribution in [1.29, 1.82) is 0 Å². The van der Waals surface area contributed by atoms with Gasteiger partial charge in [0.15, 0.2) is 17.5 Å². The van der Waals surface area contributed by atoms with Gasteiger partial charge in [0, 0.05) is 48.0 Å². The SMILES string of the molecule is CN1CC(n2cc(-c3nc(-c4c[nH]c5ncc(F)cc45)nc(N[C@H]4C5CCC(CC5)[C@@H]4C(=O)O)c3F)cn2)C1. The number of nitrogens with zero attached hydrogens (tertiary/aromatic N) is 6. The molecule has 0 radical (unpaired) electrons. The fraction of sp³-hybridized carbons (Fsp3) is 0.444. The first-order chi connectivity index (χ1) is 18.9. The molecule has 0 aromatic carbocycles. The molecular weight excluding hydrogens is 506 g/mol. The summed E-state index contributed by atoms with van der Waals surface area (Å²) in [5.41, 5.74) is 1.45. The van der Waals surface area contributed by atoms with Crippen molar-refractivity contribution in [2.75, 3.05) is 25.5 Å². The number of likely N-dealkylation sites (tertiary alicyclic amines) is 1. The lowest BCUT2D eigenvalue weighted by Gasteiger charge is -2.47. The summed E-state index contributed by atoms with van der Waals surface area (Å²) in [4.78, 5) is 30.6. The van der Waals surface area contributed by atoms with Crippen LogP contribution in [0.3, 0.4) is 0 Å². The molecule has 2 bridgehead atoms. The molecule has 3 aliphatic carbocycles. The van der Waals surface area contributed by atoms with Gasteiger partial charge in [0.1, 0.15) is 17.2 Å². The maximum absolute atomic E-state index is 16.2. The molecule has 4 fully saturated rings. The lowest BCUT2D eigenvalue weighted by molar-refractivity contribution is -0.148. The minimum absolute atomic E-state index is 0.0491. The maximum Gasteiger partial charge on any atom is 0.308 e. The van der Waals surface area contributed by atoms with Crippen molar-refractivity contribution in [2.24, 2.45) is 17.8 Å². The van der Waals surface area contributed by atoms with Crippen LogP contribution in [0.25, 0.3) is 33.7 Å². The third-order valence-corrected chi connectivity index (χ3v) is 8.69. The zero-order chi connectivity index (χ0) is 26.8. The molecular formula is C27H28F2N8O2. The van der Waals surface area contributed by atoms with Gasteiger partial charge in [0.25, 0.3) is 0 Å². The largest absolute Gasteiger partial charge is 0.481 e.